The maximum absolute atomic E-state index is 12.1. The predicted octanol–water partition coefficient (Wildman–Crippen LogP) is 1.44. The summed E-state index contributed by atoms with van der Waals surface area (Å²) in [7, 11) is 1.37. The molecule has 1 aliphatic rings. The van der Waals surface area contributed by atoms with Crippen LogP contribution in [0, 0.1) is 11.8 Å². The lowest BCUT2D eigenvalue weighted by Gasteiger charge is -2.27. The standard InChI is InChI=1S/C12H21NO3/c1-8(2)9(3)11(14)13-7-5-6-10(13)12(15)16-4/h8-10H,5-7H2,1-4H3. The molecule has 1 amide bonds. The van der Waals surface area contributed by atoms with Gasteiger partial charge in [-0.15, -0.1) is 0 Å². The third-order valence-electron chi connectivity index (χ3n) is 3.40. The summed E-state index contributed by atoms with van der Waals surface area (Å²) in [5.74, 6) is 0.0429. The van der Waals surface area contributed by atoms with Crippen molar-refractivity contribution in [1.82, 2.24) is 4.90 Å². The highest BCUT2D eigenvalue weighted by molar-refractivity contribution is 5.86. The fourth-order valence-electron chi connectivity index (χ4n) is 1.96. The number of nitrogens with zero attached hydrogens (tertiary/aromatic N) is 1. The smallest absolute Gasteiger partial charge is 0.328 e. The first-order chi connectivity index (χ1) is 7.49. The highest BCUT2D eigenvalue weighted by atomic mass is 16.5. The summed E-state index contributed by atoms with van der Waals surface area (Å²) in [4.78, 5) is 25.3. The van der Waals surface area contributed by atoms with Crippen LogP contribution >= 0.6 is 0 Å². The minimum atomic E-state index is -0.362. The molecule has 0 radical (unpaired) electrons. The van der Waals surface area contributed by atoms with Crippen molar-refractivity contribution in [3.63, 3.8) is 0 Å². The van der Waals surface area contributed by atoms with Crippen LogP contribution in [0.2, 0.25) is 0 Å². The lowest BCUT2D eigenvalue weighted by Crippen LogP contribution is -2.44. The van der Waals surface area contributed by atoms with Crippen molar-refractivity contribution in [1.29, 1.82) is 0 Å². The van der Waals surface area contributed by atoms with Crippen LogP contribution < -0.4 is 0 Å². The lowest BCUT2D eigenvalue weighted by atomic mass is 9.96. The molecule has 0 N–H and O–H groups in total. The van der Waals surface area contributed by atoms with Gasteiger partial charge in [-0.25, -0.2) is 4.79 Å². The van der Waals surface area contributed by atoms with Crippen molar-refractivity contribution in [2.45, 2.75) is 39.7 Å². The largest absolute Gasteiger partial charge is 0.467 e. The maximum Gasteiger partial charge on any atom is 0.328 e. The van der Waals surface area contributed by atoms with Crippen molar-refractivity contribution in [2.75, 3.05) is 13.7 Å². The van der Waals surface area contributed by atoms with Gasteiger partial charge in [0.1, 0.15) is 6.04 Å². The van der Waals surface area contributed by atoms with Gasteiger partial charge in [-0.05, 0) is 18.8 Å². The molecular weight excluding hydrogens is 206 g/mol. The average Bonchev–Trinajstić information content (AvgIpc) is 2.74. The third kappa shape index (κ3) is 2.54. The SMILES string of the molecule is COC(=O)C1CCCN1C(=O)C(C)C(C)C. The highest BCUT2D eigenvalue weighted by Crippen LogP contribution is 2.23. The van der Waals surface area contributed by atoms with E-state index < -0.39 is 0 Å². The third-order valence-corrected chi connectivity index (χ3v) is 3.40. The normalized spacial score (nSPS) is 22.3. The van der Waals surface area contributed by atoms with Crippen LogP contribution in [0.3, 0.4) is 0 Å². The number of rotatable bonds is 3. The minimum absolute atomic E-state index is 0.0368. The molecule has 1 heterocycles. The van der Waals surface area contributed by atoms with Gasteiger partial charge in [0.25, 0.3) is 0 Å². The van der Waals surface area contributed by atoms with E-state index in [2.05, 4.69) is 0 Å². The molecule has 0 aromatic carbocycles. The predicted molar refractivity (Wildman–Crippen MR) is 60.8 cm³/mol. The Balaban J connectivity index is 2.71. The maximum atomic E-state index is 12.1. The Labute approximate surface area is 96.9 Å². The number of carbonyl (C=O) groups is 2. The van der Waals surface area contributed by atoms with Gasteiger partial charge in [0, 0.05) is 12.5 Å². The van der Waals surface area contributed by atoms with Gasteiger partial charge in [0.05, 0.1) is 7.11 Å². The van der Waals surface area contributed by atoms with Crippen LogP contribution in [0.4, 0.5) is 0 Å². The van der Waals surface area contributed by atoms with E-state index in [0.29, 0.717) is 12.5 Å². The first-order valence-corrected chi connectivity index (χ1v) is 5.87. The van der Waals surface area contributed by atoms with E-state index in [4.69, 9.17) is 4.74 Å². The van der Waals surface area contributed by atoms with Crippen LogP contribution in [0.25, 0.3) is 0 Å². The topological polar surface area (TPSA) is 46.6 Å². The number of hydrogen-bond acceptors (Lipinski definition) is 3. The van der Waals surface area contributed by atoms with Crippen LogP contribution in [0.15, 0.2) is 0 Å². The van der Waals surface area contributed by atoms with E-state index in [-0.39, 0.29) is 23.8 Å². The molecule has 2 atom stereocenters. The van der Waals surface area contributed by atoms with Gasteiger partial charge < -0.3 is 9.64 Å². The summed E-state index contributed by atoms with van der Waals surface area (Å²) in [6, 6.07) is -0.362. The van der Waals surface area contributed by atoms with Gasteiger partial charge in [-0.3, -0.25) is 4.79 Å². The van der Waals surface area contributed by atoms with Gasteiger partial charge in [0.2, 0.25) is 5.91 Å². The zero-order valence-electron chi connectivity index (χ0n) is 10.5. The van der Waals surface area contributed by atoms with E-state index >= 15 is 0 Å². The second kappa shape index (κ2) is 5.32. The molecule has 4 nitrogen and oxygen atoms in total. The molecule has 1 fully saturated rings. The van der Waals surface area contributed by atoms with E-state index in [1.54, 1.807) is 4.90 Å². The summed E-state index contributed by atoms with van der Waals surface area (Å²) >= 11 is 0. The van der Waals surface area contributed by atoms with Crippen molar-refractivity contribution in [3.05, 3.63) is 0 Å². The molecule has 0 bridgehead atoms. The van der Waals surface area contributed by atoms with Gasteiger partial charge >= 0.3 is 5.97 Å². The molecule has 1 aliphatic heterocycles. The summed E-state index contributed by atoms with van der Waals surface area (Å²) in [6.07, 6.45) is 1.61. The van der Waals surface area contributed by atoms with Crippen molar-refractivity contribution in [3.8, 4) is 0 Å². The molecule has 0 spiro atoms. The molecule has 1 saturated heterocycles. The summed E-state index contributed by atoms with van der Waals surface area (Å²) < 4.78 is 4.72. The molecule has 0 aliphatic carbocycles. The molecule has 1 rings (SSSR count). The number of ether oxygens (including phenoxy) is 1. The Morgan fingerprint density at radius 3 is 2.44 bits per heavy atom. The zero-order chi connectivity index (χ0) is 12.3. The summed E-state index contributed by atoms with van der Waals surface area (Å²) in [5, 5.41) is 0. The van der Waals surface area contributed by atoms with Gasteiger partial charge in [-0.1, -0.05) is 20.8 Å². The molecule has 2 unspecified atom stereocenters. The Hall–Kier alpha value is -1.06. The Morgan fingerprint density at radius 1 is 1.31 bits per heavy atom. The zero-order valence-corrected chi connectivity index (χ0v) is 10.5. The van der Waals surface area contributed by atoms with Gasteiger partial charge in [-0.2, -0.15) is 0 Å². The minimum Gasteiger partial charge on any atom is -0.467 e. The number of esters is 1. The van der Waals surface area contributed by atoms with Crippen LogP contribution in [0.1, 0.15) is 33.6 Å². The van der Waals surface area contributed by atoms with E-state index in [0.717, 1.165) is 12.8 Å². The molecule has 92 valence electrons. The Kier molecular flexibility index (Phi) is 4.33. The molecule has 0 saturated carbocycles. The van der Waals surface area contributed by atoms with Crippen molar-refractivity contribution in [2.24, 2.45) is 11.8 Å². The quantitative estimate of drug-likeness (QED) is 0.685. The fourth-order valence-corrected chi connectivity index (χ4v) is 1.96. The average molecular weight is 227 g/mol. The molecular formula is C12H21NO3. The van der Waals surface area contributed by atoms with E-state index in [1.165, 1.54) is 7.11 Å². The molecule has 16 heavy (non-hydrogen) atoms. The van der Waals surface area contributed by atoms with Crippen LogP contribution in [-0.4, -0.2) is 36.5 Å². The second-order valence-electron chi connectivity index (χ2n) is 4.75. The molecule has 4 heteroatoms. The Morgan fingerprint density at radius 2 is 1.94 bits per heavy atom. The summed E-state index contributed by atoms with van der Waals surface area (Å²) in [6.45, 7) is 6.63. The summed E-state index contributed by atoms with van der Waals surface area (Å²) in [5.41, 5.74) is 0. The van der Waals surface area contributed by atoms with Crippen molar-refractivity contribution < 1.29 is 14.3 Å². The number of hydrogen-bond donors (Lipinski definition) is 0. The number of likely N-dealkylation sites (tertiary alicyclic amines) is 1. The second-order valence-corrected chi connectivity index (χ2v) is 4.75. The highest BCUT2D eigenvalue weighted by Gasteiger charge is 2.36. The van der Waals surface area contributed by atoms with E-state index in [1.807, 2.05) is 20.8 Å². The van der Waals surface area contributed by atoms with E-state index in [9.17, 15) is 9.59 Å². The number of methoxy groups -OCH3 is 1. The van der Waals surface area contributed by atoms with Crippen LogP contribution in [0.5, 0.6) is 0 Å². The van der Waals surface area contributed by atoms with Gasteiger partial charge in [0.15, 0.2) is 0 Å². The first kappa shape index (κ1) is 13.0. The Bertz CT molecular complexity index is 275. The first-order valence-electron chi connectivity index (χ1n) is 5.87. The molecule has 0 aromatic rings. The monoisotopic (exact) mass is 227 g/mol. The number of amides is 1. The lowest BCUT2D eigenvalue weighted by molar-refractivity contribution is -0.152. The number of carbonyl (C=O) groups excluding carboxylic acids is 2. The fraction of sp³-hybridized carbons (Fsp3) is 0.833. The van der Waals surface area contributed by atoms with Crippen LogP contribution in [-0.2, 0) is 14.3 Å². The molecule has 0 aromatic heterocycles. The van der Waals surface area contributed by atoms with Crippen molar-refractivity contribution >= 4 is 11.9 Å².